The van der Waals surface area contributed by atoms with Crippen LogP contribution in [0.4, 0.5) is 0 Å². The average molecular weight is 284 g/mol. The molecule has 0 amide bonds. The van der Waals surface area contributed by atoms with Gasteiger partial charge in [-0.3, -0.25) is 4.98 Å². The summed E-state index contributed by atoms with van der Waals surface area (Å²) >= 11 is 0. The van der Waals surface area contributed by atoms with Gasteiger partial charge in [0.15, 0.2) is 0 Å². The fraction of sp³-hybridized carbons (Fsp3) is 0.500. The van der Waals surface area contributed by atoms with Gasteiger partial charge in [0.25, 0.3) is 0 Å². The molecular weight excluding hydrogens is 260 g/mol. The first-order valence-corrected chi connectivity index (χ1v) is 7.89. The number of aromatic nitrogens is 1. The molecule has 0 unspecified atom stereocenters. The largest absolute Gasteiger partial charge is 0.369 e. The lowest BCUT2D eigenvalue weighted by Crippen LogP contribution is -2.43. The van der Waals surface area contributed by atoms with Crippen molar-refractivity contribution in [3.8, 4) is 0 Å². The smallest absolute Gasteiger partial charge is 0.0808 e. The lowest BCUT2D eigenvalue weighted by molar-refractivity contribution is -0.0795. The highest BCUT2D eigenvalue weighted by Gasteiger charge is 2.33. The van der Waals surface area contributed by atoms with Crippen molar-refractivity contribution in [2.45, 2.75) is 44.8 Å². The zero-order chi connectivity index (χ0) is 14.7. The molecule has 0 atom stereocenters. The van der Waals surface area contributed by atoms with Crippen LogP contribution in [0.5, 0.6) is 0 Å². The molecule has 1 saturated carbocycles. The lowest BCUT2D eigenvalue weighted by atomic mass is 9.79. The predicted octanol–water partition coefficient (Wildman–Crippen LogP) is 3.66. The van der Waals surface area contributed by atoms with E-state index in [0.717, 1.165) is 24.3 Å². The highest BCUT2D eigenvalue weighted by Crippen LogP contribution is 2.35. The molecule has 2 aromatic rings. The van der Waals surface area contributed by atoms with Gasteiger partial charge in [-0.1, -0.05) is 25.1 Å². The SMILES string of the molecule is CC1CCC(CN)(OCc2ccnc3ccccc23)CC1. The maximum Gasteiger partial charge on any atom is 0.0808 e. The molecule has 0 radical (unpaired) electrons. The van der Waals surface area contributed by atoms with Gasteiger partial charge in [-0.15, -0.1) is 0 Å². The number of hydrogen-bond acceptors (Lipinski definition) is 3. The van der Waals surface area contributed by atoms with Crippen molar-refractivity contribution < 1.29 is 4.74 Å². The van der Waals surface area contributed by atoms with Gasteiger partial charge in [0.1, 0.15) is 0 Å². The van der Waals surface area contributed by atoms with Gasteiger partial charge in [0, 0.05) is 18.1 Å². The third-order valence-corrected chi connectivity index (χ3v) is 4.83. The highest BCUT2D eigenvalue weighted by molar-refractivity contribution is 5.81. The lowest BCUT2D eigenvalue weighted by Gasteiger charge is -2.38. The summed E-state index contributed by atoms with van der Waals surface area (Å²) in [5.41, 5.74) is 8.12. The Morgan fingerprint density at radius 3 is 2.76 bits per heavy atom. The van der Waals surface area contributed by atoms with E-state index < -0.39 is 0 Å². The first kappa shape index (κ1) is 14.5. The standard InChI is InChI=1S/C18H24N2O/c1-14-6-9-18(13-19,10-7-14)21-12-15-8-11-20-17-5-3-2-4-16(15)17/h2-5,8,11,14H,6-7,9-10,12-13,19H2,1H3. The van der Waals surface area contributed by atoms with E-state index >= 15 is 0 Å². The van der Waals surface area contributed by atoms with Gasteiger partial charge in [-0.05, 0) is 49.3 Å². The molecular formula is C18H24N2O. The number of ether oxygens (including phenoxy) is 1. The Hall–Kier alpha value is -1.45. The Kier molecular flexibility index (Phi) is 4.22. The zero-order valence-corrected chi connectivity index (χ0v) is 12.7. The normalized spacial score (nSPS) is 26.1. The summed E-state index contributed by atoms with van der Waals surface area (Å²) in [5, 5.41) is 1.18. The molecule has 0 aliphatic heterocycles. The molecule has 1 aromatic heterocycles. The minimum atomic E-state index is -0.128. The fourth-order valence-electron chi connectivity index (χ4n) is 3.21. The quantitative estimate of drug-likeness (QED) is 0.932. The van der Waals surface area contributed by atoms with Crippen molar-refractivity contribution in [2.75, 3.05) is 6.54 Å². The second-order valence-electron chi connectivity index (χ2n) is 6.35. The second-order valence-corrected chi connectivity index (χ2v) is 6.35. The molecule has 1 aliphatic rings. The molecule has 0 spiro atoms. The average Bonchev–Trinajstić information content (AvgIpc) is 2.55. The Bertz CT molecular complexity index is 598. The van der Waals surface area contributed by atoms with Gasteiger partial charge < -0.3 is 10.5 Å². The summed E-state index contributed by atoms with van der Waals surface area (Å²) in [5.74, 6) is 0.801. The summed E-state index contributed by atoms with van der Waals surface area (Å²) in [6, 6.07) is 10.3. The maximum atomic E-state index is 6.31. The van der Waals surface area contributed by atoms with Crippen LogP contribution in [0.3, 0.4) is 0 Å². The molecule has 3 heteroatoms. The van der Waals surface area contributed by atoms with Gasteiger partial charge in [-0.2, -0.15) is 0 Å². The molecule has 1 heterocycles. The van der Waals surface area contributed by atoms with Crippen LogP contribution in [0.1, 0.15) is 38.2 Å². The van der Waals surface area contributed by atoms with Crippen LogP contribution in [0, 0.1) is 5.92 Å². The molecule has 21 heavy (non-hydrogen) atoms. The van der Waals surface area contributed by atoms with E-state index in [0.29, 0.717) is 13.2 Å². The van der Waals surface area contributed by atoms with Gasteiger partial charge in [0.2, 0.25) is 0 Å². The van der Waals surface area contributed by atoms with Crippen molar-refractivity contribution in [3.05, 3.63) is 42.1 Å². The minimum Gasteiger partial charge on any atom is -0.369 e. The summed E-state index contributed by atoms with van der Waals surface area (Å²) in [6.07, 6.45) is 6.45. The second kappa shape index (κ2) is 6.12. The van der Waals surface area contributed by atoms with Crippen LogP contribution in [-0.4, -0.2) is 17.1 Å². The number of pyridine rings is 1. The molecule has 1 aromatic carbocycles. The summed E-state index contributed by atoms with van der Waals surface area (Å²) in [4.78, 5) is 4.40. The summed E-state index contributed by atoms with van der Waals surface area (Å²) in [7, 11) is 0. The van der Waals surface area contributed by atoms with Crippen molar-refractivity contribution in [2.24, 2.45) is 11.7 Å². The van der Waals surface area contributed by atoms with Crippen LogP contribution < -0.4 is 5.73 Å². The molecule has 112 valence electrons. The fourth-order valence-corrected chi connectivity index (χ4v) is 3.21. The minimum absolute atomic E-state index is 0.128. The van der Waals surface area contributed by atoms with Crippen molar-refractivity contribution in [3.63, 3.8) is 0 Å². The van der Waals surface area contributed by atoms with E-state index in [4.69, 9.17) is 10.5 Å². The number of benzene rings is 1. The van der Waals surface area contributed by atoms with Gasteiger partial charge in [0.05, 0.1) is 17.7 Å². The number of nitrogens with zero attached hydrogens (tertiary/aromatic N) is 1. The van der Waals surface area contributed by atoms with Crippen LogP contribution >= 0.6 is 0 Å². The number of fused-ring (bicyclic) bond motifs is 1. The van der Waals surface area contributed by atoms with Crippen molar-refractivity contribution >= 4 is 10.9 Å². The number of para-hydroxylation sites is 1. The monoisotopic (exact) mass is 284 g/mol. The van der Waals surface area contributed by atoms with E-state index in [-0.39, 0.29) is 5.60 Å². The first-order valence-electron chi connectivity index (χ1n) is 7.89. The predicted molar refractivity (Wildman–Crippen MR) is 85.9 cm³/mol. The van der Waals surface area contributed by atoms with E-state index in [1.54, 1.807) is 0 Å². The molecule has 0 bridgehead atoms. The third-order valence-electron chi connectivity index (χ3n) is 4.83. The molecule has 1 fully saturated rings. The zero-order valence-electron chi connectivity index (χ0n) is 12.7. The Labute approximate surface area is 126 Å². The van der Waals surface area contributed by atoms with Crippen molar-refractivity contribution in [1.29, 1.82) is 0 Å². The molecule has 2 N–H and O–H groups in total. The van der Waals surface area contributed by atoms with Crippen molar-refractivity contribution in [1.82, 2.24) is 4.98 Å². The van der Waals surface area contributed by atoms with Crippen LogP contribution in [0.25, 0.3) is 10.9 Å². The Morgan fingerprint density at radius 1 is 1.24 bits per heavy atom. The molecule has 3 rings (SSSR count). The van der Waals surface area contributed by atoms with Crippen LogP contribution in [0.2, 0.25) is 0 Å². The molecule has 1 aliphatic carbocycles. The Balaban J connectivity index is 1.76. The molecule has 3 nitrogen and oxygen atoms in total. The summed E-state index contributed by atoms with van der Waals surface area (Å²) in [6.45, 7) is 3.55. The van der Waals surface area contributed by atoms with Gasteiger partial charge >= 0.3 is 0 Å². The van der Waals surface area contributed by atoms with Crippen LogP contribution in [-0.2, 0) is 11.3 Å². The van der Waals surface area contributed by atoms with E-state index in [1.165, 1.54) is 23.8 Å². The molecule has 0 saturated heterocycles. The maximum absolute atomic E-state index is 6.31. The van der Waals surface area contributed by atoms with Crippen LogP contribution in [0.15, 0.2) is 36.5 Å². The summed E-state index contributed by atoms with van der Waals surface area (Å²) < 4.78 is 6.31. The number of nitrogens with two attached hydrogens (primary N) is 1. The first-order chi connectivity index (χ1) is 10.2. The Morgan fingerprint density at radius 2 is 2.00 bits per heavy atom. The third kappa shape index (κ3) is 3.09. The van der Waals surface area contributed by atoms with E-state index in [2.05, 4.69) is 30.1 Å². The topological polar surface area (TPSA) is 48.1 Å². The number of rotatable bonds is 4. The van der Waals surface area contributed by atoms with E-state index in [1.807, 2.05) is 18.3 Å². The van der Waals surface area contributed by atoms with Gasteiger partial charge in [-0.25, -0.2) is 0 Å². The highest BCUT2D eigenvalue weighted by atomic mass is 16.5. The van der Waals surface area contributed by atoms with E-state index in [9.17, 15) is 0 Å². The number of hydrogen-bond donors (Lipinski definition) is 1.